The van der Waals surface area contributed by atoms with Gasteiger partial charge in [-0.25, -0.2) is 0 Å². The number of hydrogen-bond donors (Lipinski definition) is 2. The fourth-order valence-corrected chi connectivity index (χ4v) is 1.45. The molecule has 2 N–H and O–H groups in total. The van der Waals surface area contributed by atoms with Gasteiger partial charge < -0.3 is 19.7 Å². The molecule has 0 aliphatic rings. The fourth-order valence-electron chi connectivity index (χ4n) is 1.45. The first-order valence-electron chi connectivity index (χ1n) is 5.15. The first-order valence-corrected chi connectivity index (χ1v) is 5.15. The van der Waals surface area contributed by atoms with Crippen molar-refractivity contribution < 1.29 is 24.5 Å². The van der Waals surface area contributed by atoms with Gasteiger partial charge in [-0.2, -0.15) is 0 Å². The molecule has 0 aromatic heterocycles. The topological polar surface area (TPSA) is 76.0 Å². The molecule has 5 heteroatoms. The standard InChI is InChI=1S/C12H16O5/c1-7(13)4-10(14)9-5-8(16-2)6-11(17-3)12(9)15/h5-7,13,15H,4H2,1-3H3/t7-/m1/s1. The normalized spacial score (nSPS) is 12.0. The van der Waals surface area contributed by atoms with Crippen LogP contribution in [0.15, 0.2) is 12.1 Å². The monoisotopic (exact) mass is 240 g/mol. The second-order valence-corrected chi connectivity index (χ2v) is 3.70. The number of carbonyl (C=O) groups is 1. The summed E-state index contributed by atoms with van der Waals surface area (Å²) in [4.78, 5) is 11.8. The summed E-state index contributed by atoms with van der Waals surface area (Å²) in [5, 5.41) is 19.0. The van der Waals surface area contributed by atoms with Gasteiger partial charge in [0.1, 0.15) is 5.75 Å². The minimum Gasteiger partial charge on any atom is -0.504 e. The Kier molecular flexibility index (Phi) is 4.34. The molecule has 0 unspecified atom stereocenters. The maximum atomic E-state index is 11.8. The average Bonchev–Trinajstić information content (AvgIpc) is 2.28. The third-order valence-corrected chi connectivity index (χ3v) is 2.29. The van der Waals surface area contributed by atoms with E-state index in [9.17, 15) is 9.90 Å². The number of ether oxygens (including phenoxy) is 2. The Morgan fingerprint density at radius 2 is 2.00 bits per heavy atom. The molecule has 0 amide bonds. The first-order chi connectivity index (χ1) is 7.99. The summed E-state index contributed by atoms with van der Waals surface area (Å²) in [6, 6.07) is 2.90. The van der Waals surface area contributed by atoms with Crippen LogP contribution in [0.4, 0.5) is 0 Å². The summed E-state index contributed by atoms with van der Waals surface area (Å²) in [6.45, 7) is 1.51. The molecular weight excluding hydrogens is 224 g/mol. The van der Waals surface area contributed by atoms with E-state index in [-0.39, 0.29) is 29.3 Å². The third-order valence-electron chi connectivity index (χ3n) is 2.29. The van der Waals surface area contributed by atoms with Crippen molar-refractivity contribution in [2.24, 2.45) is 0 Å². The van der Waals surface area contributed by atoms with Crippen LogP contribution in [0.25, 0.3) is 0 Å². The van der Waals surface area contributed by atoms with E-state index in [1.807, 2.05) is 0 Å². The van der Waals surface area contributed by atoms with E-state index in [4.69, 9.17) is 14.6 Å². The molecule has 0 fully saturated rings. The predicted octanol–water partition coefficient (Wildman–Crippen LogP) is 1.36. The van der Waals surface area contributed by atoms with Crippen molar-refractivity contribution in [1.29, 1.82) is 0 Å². The Bertz CT molecular complexity index is 412. The molecule has 0 spiro atoms. The summed E-state index contributed by atoms with van der Waals surface area (Å²) in [5.74, 6) is -0.0273. The van der Waals surface area contributed by atoms with E-state index < -0.39 is 6.10 Å². The van der Waals surface area contributed by atoms with Gasteiger partial charge in [0.05, 0.1) is 25.9 Å². The van der Waals surface area contributed by atoms with E-state index in [0.717, 1.165) is 0 Å². The number of phenolic OH excluding ortho intramolecular Hbond substituents is 1. The highest BCUT2D eigenvalue weighted by molar-refractivity contribution is 6.00. The zero-order chi connectivity index (χ0) is 13.0. The van der Waals surface area contributed by atoms with Crippen molar-refractivity contribution in [3.8, 4) is 17.2 Å². The number of carbonyl (C=O) groups excluding carboxylic acids is 1. The molecule has 0 radical (unpaired) electrons. The van der Waals surface area contributed by atoms with Crippen LogP contribution in [0.5, 0.6) is 17.2 Å². The van der Waals surface area contributed by atoms with Gasteiger partial charge in [-0.1, -0.05) is 0 Å². The Labute approximate surface area is 99.6 Å². The van der Waals surface area contributed by atoms with E-state index in [1.165, 1.54) is 33.3 Å². The van der Waals surface area contributed by atoms with E-state index in [2.05, 4.69) is 0 Å². The number of Topliss-reactive ketones (excluding diaryl/α,β-unsaturated/α-hetero) is 1. The number of benzene rings is 1. The largest absolute Gasteiger partial charge is 0.504 e. The molecule has 94 valence electrons. The maximum absolute atomic E-state index is 11.8. The Balaban J connectivity index is 3.17. The zero-order valence-corrected chi connectivity index (χ0v) is 10.1. The van der Waals surface area contributed by atoms with Gasteiger partial charge in [0.2, 0.25) is 0 Å². The number of phenols is 1. The highest BCUT2D eigenvalue weighted by Gasteiger charge is 2.18. The van der Waals surface area contributed by atoms with Crippen LogP contribution in [-0.4, -0.2) is 36.3 Å². The molecule has 0 aliphatic carbocycles. The third kappa shape index (κ3) is 3.10. The Morgan fingerprint density at radius 1 is 1.35 bits per heavy atom. The van der Waals surface area contributed by atoms with E-state index >= 15 is 0 Å². The highest BCUT2D eigenvalue weighted by Crippen LogP contribution is 2.35. The number of rotatable bonds is 5. The molecule has 0 bridgehead atoms. The van der Waals surface area contributed by atoms with Gasteiger partial charge >= 0.3 is 0 Å². The lowest BCUT2D eigenvalue weighted by Crippen LogP contribution is -2.10. The predicted molar refractivity (Wildman–Crippen MR) is 61.8 cm³/mol. The van der Waals surface area contributed by atoms with Crippen LogP contribution in [0.3, 0.4) is 0 Å². The van der Waals surface area contributed by atoms with E-state index in [1.54, 1.807) is 0 Å². The summed E-state index contributed by atoms with van der Waals surface area (Å²) < 4.78 is 9.94. The maximum Gasteiger partial charge on any atom is 0.169 e. The van der Waals surface area contributed by atoms with Gasteiger partial charge in [0, 0.05) is 12.5 Å². The highest BCUT2D eigenvalue weighted by atomic mass is 16.5. The summed E-state index contributed by atoms with van der Waals surface area (Å²) >= 11 is 0. The van der Waals surface area contributed by atoms with Crippen LogP contribution in [-0.2, 0) is 0 Å². The molecule has 0 heterocycles. The fraction of sp³-hybridized carbons (Fsp3) is 0.417. The molecule has 0 saturated heterocycles. The summed E-state index contributed by atoms with van der Waals surface area (Å²) in [5.41, 5.74) is 0.0853. The van der Waals surface area contributed by atoms with Crippen LogP contribution >= 0.6 is 0 Å². The molecule has 0 aliphatic heterocycles. The smallest absolute Gasteiger partial charge is 0.169 e. The van der Waals surface area contributed by atoms with Crippen molar-refractivity contribution in [3.05, 3.63) is 17.7 Å². The van der Waals surface area contributed by atoms with E-state index in [0.29, 0.717) is 5.75 Å². The van der Waals surface area contributed by atoms with Gasteiger partial charge in [0.25, 0.3) is 0 Å². The molecule has 1 rings (SSSR count). The SMILES string of the molecule is COc1cc(OC)c(O)c(C(=O)C[C@@H](C)O)c1. The van der Waals surface area contributed by atoms with Crippen molar-refractivity contribution in [3.63, 3.8) is 0 Å². The summed E-state index contributed by atoms with van der Waals surface area (Å²) in [6.07, 6.45) is -0.830. The average molecular weight is 240 g/mol. The van der Waals surface area contributed by atoms with Crippen molar-refractivity contribution >= 4 is 5.78 Å². The number of aliphatic hydroxyl groups is 1. The van der Waals surface area contributed by atoms with Crippen LogP contribution in [0, 0.1) is 0 Å². The minimum absolute atomic E-state index is 0.0656. The van der Waals surface area contributed by atoms with Crippen LogP contribution in [0.1, 0.15) is 23.7 Å². The van der Waals surface area contributed by atoms with Gasteiger partial charge in [-0.3, -0.25) is 4.79 Å². The number of aromatic hydroxyl groups is 1. The molecule has 1 atom stereocenters. The first kappa shape index (κ1) is 13.3. The molecular formula is C12H16O5. The number of methoxy groups -OCH3 is 2. The van der Waals surface area contributed by atoms with Gasteiger partial charge in [0.15, 0.2) is 17.3 Å². The molecule has 5 nitrogen and oxygen atoms in total. The molecule has 17 heavy (non-hydrogen) atoms. The van der Waals surface area contributed by atoms with Gasteiger partial charge in [-0.05, 0) is 13.0 Å². The number of aliphatic hydroxyl groups excluding tert-OH is 1. The number of ketones is 1. The number of hydrogen-bond acceptors (Lipinski definition) is 5. The van der Waals surface area contributed by atoms with Crippen LogP contribution in [0.2, 0.25) is 0 Å². The lowest BCUT2D eigenvalue weighted by molar-refractivity contribution is 0.0897. The zero-order valence-electron chi connectivity index (χ0n) is 10.1. The Morgan fingerprint density at radius 3 is 2.47 bits per heavy atom. The summed E-state index contributed by atoms with van der Waals surface area (Å²) in [7, 11) is 2.84. The minimum atomic E-state index is -0.765. The second-order valence-electron chi connectivity index (χ2n) is 3.70. The lowest BCUT2D eigenvalue weighted by Gasteiger charge is -2.11. The second kappa shape index (κ2) is 5.54. The van der Waals surface area contributed by atoms with Crippen molar-refractivity contribution in [1.82, 2.24) is 0 Å². The van der Waals surface area contributed by atoms with Crippen LogP contribution < -0.4 is 9.47 Å². The molecule has 1 aromatic rings. The molecule has 1 aromatic carbocycles. The quantitative estimate of drug-likeness (QED) is 0.760. The molecule has 0 saturated carbocycles. The van der Waals surface area contributed by atoms with Crippen molar-refractivity contribution in [2.75, 3.05) is 14.2 Å². The lowest BCUT2D eigenvalue weighted by atomic mass is 10.0. The van der Waals surface area contributed by atoms with Crippen molar-refractivity contribution in [2.45, 2.75) is 19.4 Å². The Hall–Kier alpha value is -1.75. The van der Waals surface area contributed by atoms with Gasteiger partial charge in [-0.15, -0.1) is 0 Å².